The number of amides is 2. The van der Waals surface area contributed by atoms with Gasteiger partial charge >= 0.3 is 6.09 Å². The van der Waals surface area contributed by atoms with Crippen molar-refractivity contribution in [1.82, 2.24) is 10.3 Å². The first-order chi connectivity index (χ1) is 15.4. The van der Waals surface area contributed by atoms with Crippen molar-refractivity contribution >= 4 is 29.4 Å². The number of thioether (sulfide) groups is 1. The van der Waals surface area contributed by atoms with Crippen molar-refractivity contribution in [2.75, 3.05) is 29.5 Å². The number of pyridine rings is 1. The Morgan fingerprint density at radius 1 is 1.41 bits per heavy atom. The lowest BCUT2D eigenvalue weighted by Gasteiger charge is -2.14. The quantitative estimate of drug-likeness (QED) is 0.751. The maximum absolute atomic E-state index is 14.4. The Hall–Kier alpha value is -3.12. The molecule has 2 amide bonds. The summed E-state index contributed by atoms with van der Waals surface area (Å²) in [5.41, 5.74) is 1.48. The molecule has 1 aromatic carbocycles. The van der Waals surface area contributed by atoms with E-state index in [0.717, 1.165) is 5.75 Å². The fourth-order valence-corrected chi connectivity index (χ4v) is 4.75. The summed E-state index contributed by atoms with van der Waals surface area (Å²) < 4.78 is 19.6. The summed E-state index contributed by atoms with van der Waals surface area (Å²) in [6.07, 6.45) is 2.18. The Morgan fingerprint density at radius 2 is 2.22 bits per heavy atom. The van der Waals surface area contributed by atoms with E-state index in [1.165, 1.54) is 23.6 Å². The first kappa shape index (κ1) is 23.5. The molecular formula is C23H25FN4O3S. The maximum atomic E-state index is 14.4. The molecule has 0 saturated carbocycles. The summed E-state index contributed by atoms with van der Waals surface area (Å²) >= 11 is 1.89. The number of aromatic nitrogens is 1. The maximum Gasteiger partial charge on any atom is 0.414 e. The van der Waals surface area contributed by atoms with Crippen LogP contribution in [0.2, 0.25) is 0 Å². The highest BCUT2D eigenvalue weighted by Crippen LogP contribution is 2.29. The fraction of sp³-hybridized carbons (Fsp3) is 0.391. The van der Waals surface area contributed by atoms with Gasteiger partial charge in [-0.05, 0) is 35.9 Å². The van der Waals surface area contributed by atoms with Gasteiger partial charge in [0, 0.05) is 36.2 Å². The molecule has 3 atom stereocenters. The molecule has 1 aromatic heterocycles. The van der Waals surface area contributed by atoms with E-state index in [9.17, 15) is 14.0 Å². The van der Waals surface area contributed by atoms with Crippen molar-refractivity contribution in [2.24, 2.45) is 11.8 Å². The number of carbonyl (C=O) groups is 2. The van der Waals surface area contributed by atoms with E-state index in [1.54, 1.807) is 36.7 Å². The van der Waals surface area contributed by atoms with Crippen LogP contribution in [0, 0.1) is 29.0 Å². The molecule has 3 heterocycles. The highest BCUT2D eigenvalue weighted by molar-refractivity contribution is 7.99. The number of ether oxygens (including phenoxy) is 1. The van der Waals surface area contributed by atoms with Crippen molar-refractivity contribution in [3.8, 4) is 17.2 Å². The van der Waals surface area contributed by atoms with E-state index in [-0.39, 0.29) is 19.0 Å². The number of anilines is 1. The molecule has 0 aliphatic carbocycles. The van der Waals surface area contributed by atoms with Gasteiger partial charge in [0.1, 0.15) is 11.9 Å². The first-order valence-corrected chi connectivity index (χ1v) is 11.4. The molecule has 168 valence electrons. The number of cyclic esters (lactones) is 1. The Labute approximate surface area is 191 Å². The van der Waals surface area contributed by atoms with Crippen molar-refractivity contribution < 1.29 is 18.7 Å². The van der Waals surface area contributed by atoms with Gasteiger partial charge in [-0.15, -0.1) is 0 Å². The van der Waals surface area contributed by atoms with Crippen LogP contribution in [-0.4, -0.2) is 47.7 Å². The number of benzene rings is 1. The SMILES string of the molecule is CC(=O)NCC1CN(c2ccc(-c3cccnc3)c(F)c2)C(=O)O1.C[C@@H]1CSCC1C#N. The first-order valence-electron chi connectivity index (χ1n) is 10.3. The predicted molar refractivity (Wildman–Crippen MR) is 122 cm³/mol. The number of nitrogens with one attached hydrogen (secondary N) is 1. The van der Waals surface area contributed by atoms with E-state index in [0.29, 0.717) is 28.7 Å². The number of halogens is 1. The number of hydrogen-bond donors (Lipinski definition) is 1. The standard InChI is InChI=1S/C17H16FN3O3.C6H9NS/c1-11(22)20-9-14-10-21(17(23)24-14)13-4-5-15(16(18)7-13)12-3-2-6-19-8-12;1-5-3-8-4-6(5)2-7/h2-8,14H,9-10H2,1H3,(H,20,22);5-6H,3-4H2,1H3/t;5-,6?/m.1/s1. The Kier molecular flexibility index (Phi) is 8.06. The third kappa shape index (κ3) is 5.98. The summed E-state index contributed by atoms with van der Waals surface area (Å²) in [4.78, 5) is 28.2. The van der Waals surface area contributed by atoms with Crippen LogP contribution in [0.5, 0.6) is 0 Å². The molecule has 2 aliphatic rings. The highest BCUT2D eigenvalue weighted by atomic mass is 32.2. The van der Waals surface area contributed by atoms with Crippen LogP contribution in [-0.2, 0) is 9.53 Å². The van der Waals surface area contributed by atoms with Gasteiger partial charge in [0.15, 0.2) is 0 Å². The van der Waals surface area contributed by atoms with Gasteiger partial charge in [0.2, 0.25) is 5.91 Å². The molecule has 2 aromatic rings. The van der Waals surface area contributed by atoms with Gasteiger partial charge in [0.25, 0.3) is 0 Å². The fourth-order valence-electron chi connectivity index (χ4n) is 3.35. The van der Waals surface area contributed by atoms with Crippen LogP contribution in [0.15, 0.2) is 42.7 Å². The lowest BCUT2D eigenvalue weighted by molar-refractivity contribution is -0.119. The Bertz CT molecular complexity index is 998. The lowest BCUT2D eigenvalue weighted by atomic mass is 10.0. The van der Waals surface area contributed by atoms with Gasteiger partial charge in [-0.3, -0.25) is 14.7 Å². The molecule has 2 fully saturated rings. The lowest BCUT2D eigenvalue weighted by Crippen LogP contribution is -2.33. The summed E-state index contributed by atoms with van der Waals surface area (Å²) in [5, 5.41) is 11.1. The normalized spacial score (nSPS) is 21.9. The predicted octanol–water partition coefficient (Wildman–Crippen LogP) is 3.86. The average Bonchev–Trinajstić information content (AvgIpc) is 3.38. The molecule has 7 nitrogen and oxygen atoms in total. The average molecular weight is 457 g/mol. The second-order valence-corrected chi connectivity index (χ2v) is 8.78. The molecule has 0 bridgehead atoms. The topological polar surface area (TPSA) is 95.3 Å². The van der Waals surface area contributed by atoms with Crippen LogP contribution in [0.3, 0.4) is 0 Å². The molecule has 0 radical (unpaired) electrons. The molecule has 9 heteroatoms. The zero-order chi connectivity index (χ0) is 23.1. The van der Waals surface area contributed by atoms with E-state index in [4.69, 9.17) is 10.00 Å². The van der Waals surface area contributed by atoms with Crippen molar-refractivity contribution in [2.45, 2.75) is 20.0 Å². The monoisotopic (exact) mass is 456 g/mol. The molecule has 32 heavy (non-hydrogen) atoms. The van der Waals surface area contributed by atoms with E-state index in [1.807, 2.05) is 11.8 Å². The third-order valence-corrected chi connectivity index (χ3v) is 6.58. The molecule has 4 rings (SSSR count). The largest absolute Gasteiger partial charge is 0.442 e. The van der Waals surface area contributed by atoms with Crippen LogP contribution in [0.4, 0.5) is 14.9 Å². The van der Waals surface area contributed by atoms with E-state index >= 15 is 0 Å². The van der Waals surface area contributed by atoms with Crippen LogP contribution < -0.4 is 10.2 Å². The molecule has 1 N–H and O–H groups in total. The van der Waals surface area contributed by atoms with Crippen LogP contribution in [0.1, 0.15) is 13.8 Å². The third-order valence-electron chi connectivity index (χ3n) is 5.22. The van der Waals surface area contributed by atoms with Crippen molar-refractivity contribution in [3.05, 3.63) is 48.5 Å². The van der Waals surface area contributed by atoms with Gasteiger partial charge in [-0.25, -0.2) is 9.18 Å². The van der Waals surface area contributed by atoms with Gasteiger partial charge in [-0.1, -0.05) is 13.0 Å². The van der Waals surface area contributed by atoms with Gasteiger partial charge in [-0.2, -0.15) is 17.0 Å². The number of nitriles is 1. The van der Waals surface area contributed by atoms with Crippen molar-refractivity contribution in [3.63, 3.8) is 0 Å². The molecule has 2 unspecified atom stereocenters. The Balaban J connectivity index is 0.000000305. The molecule has 2 saturated heterocycles. The smallest absolute Gasteiger partial charge is 0.414 e. The molecule has 0 spiro atoms. The second kappa shape index (κ2) is 11.0. The minimum absolute atomic E-state index is 0.198. The van der Waals surface area contributed by atoms with Gasteiger partial charge in [0.05, 0.1) is 30.8 Å². The second-order valence-electron chi connectivity index (χ2n) is 7.71. The van der Waals surface area contributed by atoms with E-state index < -0.39 is 18.0 Å². The van der Waals surface area contributed by atoms with Crippen molar-refractivity contribution in [1.29, 1.82) is 5.26 Å². The van der Waals surface area contributed by atoms with Crippen LogP contribution in [0.25, 0.3) is 11.1 Å². The zero-order valence-corrected chi connectivity index (χ0v) is 18.8. The highest BCUT2D eigenvalue weighted by Gasteiger charge is 2.32. The minimum atomic E-state index is -0.557. The number of rotatable bonds is 4. The zero-order valence-electron chi connectivity index (χ0n) is 18.0. The molecular weight excluding hydrogens is 431 g/mol. The summed E-state index contributed by atoms with van der Waals surface area (Å²) in [5.74, 6) is 2.55. The van der Waals surface area contributed by atoms with E-state index in [2.05, 4.69) is 23.3 Å². The Morgan fingerprint density at radius 3 is 2.78 bits per heavy atom. The number of nitrogens with zero attached hydrogens (tertiary/aromatic N) is 3. The summed E-state index contributed by atoms with van der Waals surface area (Å²) in [6.45, 7) is 4.02. The minimum Gasteiger partial charge on any atom is -0.442 e. The number of carbonyl (C=O) groups excluding carboxylic acids is 2. The van der Waals surface area contributed by atoms with Gasteiger partial charge < -0.3 is 10.1 Å². The van der Waals surface area contributed by atoms with Crippen LogP contribution >= 0.6 is 11.8 Å². The molecule has 2 aliphatic heterocycles. The summed E-state index contributed by atoms with van der Waals surface area (Å²) in [6, 6.07) is 10.3. The number of hydrogen-bond acceptors (Lipinski definition) is 6. The summed E-state index contributed by atoms with van der Waals surface area (Å²) in [7, 11) is 0.